The summed E-state index contributed by atoms with van der Waals surface area (Å²) in [5.41, 5.74) is 0.780. The molecule has 1 aliphatic rings. The van der Waals surface area contributed by atoms with Crippen molar-refractivity contribution < 1.29 is 9.90 Å². The van der Waals surface area contributed by atoms with E-state index in [0.29, 0.717) is 10.0 Å². The Morgan fingerprint density at radius 3 is 2.65 bits per heavy atom. The van der Waals surface area contributed by atoms with Crippen molar-refractivity contribution in [1.29, 1.82) is 0 Å². The fraction of sp³-hybridized carbons (Fsp3) is 0.400. The van der Waals surface area contributed by atoms with E-state index in [4.69, 9.17) is 23.2 Å². The zero-order chi connectivity index (χ0) is 14.5. The summed E-state index contributed by atoms with van der Waals surface area (Å²) in [6.07, 6.45) is 6.08. The Balaban J connectivity index is 1.95. The van der Waals surface area contributed by atoms with Gasteiger partial charge in [0.05, 0.1) is 0 Å². The molecule has 1 saturated carbocycles. The van der Waals surface area contributed by atoms with Crippen LogP contribution in [0.5, 0.6) is 0 Å². The molecule has 0 aliphatic heterocycles. The fourth-order valence-electron chi connectivity index (χ4n) is 2.52. The molecule has 2 rings (SSSR count). The first-order valence-electron chi connectivity index (χ1n) is 6.64. The van der Waals surface area contributed by atoms with Crippen molar-refractivity contribution >= 4 is 35.2 Å². The minimum atomic E-state index is -0.161. The van der Waals surface area contributed by atoms with Gasteiger partial charge in [-0.1, -0.05) is 29.6 Å². The van der Waals surface area contributed by atoms with Crippen molar-refractivity contribution in [2.45, 2.75) is 25.3 Å². The van der Waals surface area contributed by atoms with Gasteiger partial charge in [0, 0.05) is 34.7 Å². The van der Waals surface area contributed by atoms with Gasteiger partial charge in [-0.3, -0.25) is 4.79 Å². The molecule has 0 aromatic heterocycles. The predicted molar refractivity (Wildman–Crippen MR) is 81.9 cm³/mol. The lowest BCUT2D eigenvalue weighted by Gasteiger charge is -2.17. The fourth-order valence-corrected chi connectivity index (χ4v) is 3.06. The number of amides is 1. The van der Waals surface area contributed by atoms with E-state index in [1.165, 1.54) is 6.08 Å². The Morgan fingerprint density at radius 1 is 1.30 bits per heavy atom. The summed E-state index contributed by atoms with van der Waals surface area (Å²) in [5.74, 6) is 0.0133. The molecule has 1 amide bonds. The summed E-state index contributed by atoms with van der Waals surface area (Å²) < 4.78 is 0. The zero-order valence-corrected chi connectivity index (χ0v) is 12.5. The number of carbonyl (C=O) groups excluding carboxylic acids is 1. The summed E-state index contributed by atoms with van der Waals surface area (Å²) in [5, 5.41) is 13.2. The Kier molecular flexibility index (Phi) is 5.46. The highest BCUT2D eigenvalue weighted by molar-refractivity contribution is 6.34. The number of hydrogen-bond acceptors (Lipinski definition) is 2. The van der Waals surface area contributed by atoms with Crippen LogP contribution < -0.4 is 5.32 Å². The first-order valence-corrected chi connectivity index (χ1v) is 7.39. The van der Waals surface area contributed by atoms with Crippen LogP contribution in [0.25, 0.3) is 6.08 Å². The molecule has 2 unspecified atom stereocenters. The summed E-state index contributed by atoms with van der Waals surface area (Å²) >= 11 is 11.8. The van der Waals surface area contributed by atoms with Crippen molar-refractivity contribution in [2.24, 2.45) is 5.92 Å². The third-order valence-electron chi connectivity index (χ3n) is 3.53. The Morgan fingerprint density at radius 2 is 2.00 bits per heavy atom. The minimum absolute atomic E-state index is 0.0695. The third-order valence-corrected chi connectivity index (χ3v) is 3.97. The van der Waals surface area contributed by atoms with Crippen LogP contribution in [-0.4, -0.2) is 23.7 Å². The molecule has 5 heteroatoms. The molecule has 1 fully saturated rings. The number of aliphatic hydroxyl groups excluding tert-OH is 1. The van der Waals surface area contributed by atoms with E-state index in [1.54, 1.807) is 24.3 Å². The van der Waals surface area contributed by atoms with E-state index in [9.17, 15) is 9.90 Å². The van der Waals surface area contributed by atoms with Gasteiger partial charge in [0.1, 0.15) is 0 Å². The van der Waals surface area contributed by atoms with E-state index in [2.05, 4.69) is 5.32 Å². The Hall–Kier alpha value is -1.03. The summed E-state index contributed by atoms with van der Waals surface area (Å²) in [7, 11) is 0. The van der Waals surface area contributed by atoms with Crippen LogP contribution in [0, 0.1) is 5.92 Å². The number of halogens is 2. The highest BCUT2D eigenvalue weighted by Crippen LogP contribution is 2.25. The maximum atomic E-state index is 11.9. The van der Waals surface area contributed by atoms with Crippen molar-refractivity contribution in [3.8, 4) is 0 Å². The molecule has 2 N–H and O–H groups in total. The monoisotopic (exact) mass is 313 g/mol. The van der Waals surface area contributed by atoms with Crippen LogP contribution in [0.1, 0.15) is 24.8 Å². The summed E-state index contributed by atoms with van der Waals surface area (Å²) in [6.45, 7) is 0.124. The maximum Gasteiger partial charge on any atom is 0.244 e. The molecule has 0 heterocycles. The number of benzene rings is 1. The lowest BCUT2D eigenvalue weighted by atomic mass is 10.1. The third kappa shape index (κ3) is 4.23. The van der Waals surface area contributed by atoms with Crippen molar-refractivity contribution in [3.63, 3.8) is 0 Å². The number of aliphatic hydroxyl groups is 1. The normalized spacial score (nSPS) is 22.4. The predicted octanol–water partition coefficient (Wildman–Crippen LogP) is 3.28. The Labute approximate surface area is 128 Å². The van der Waals surface area contributed by atoms with Crippen molar-refractivity contribution in [1.82, 2.24) is 5.32 Å². The van der Waals surface area contributed by atoms with Crippen molar-refractivity contribution in [3.05, 3.63) is 39.9 Å². The number of carbonyl (C=O) groups is 1. The molecule has 0 bridgehead atoms. The van der Waals surface area contributed by atoms with Crippen LogP contribution in [0.3, 0.4) is 0 Å². The van der Waals surface area contributed by atoms with Gasteiger partial charge in [-0.15, -0.1) is 0 Å². The second kappa shape index (κ2) is 7.11. The van der Waals surface area contributed by atoms with Crippen LogP contribution >= 0.6 is 23.2 Å². The highest BCUT2D eigenvalue weighted by atomic mass is 35.5. The summed E-state index contributed by atoms with van der Waals surface area (Å²) in [6, 6.07) is 5.19. The Bertz CT molecular complexity index is 496. The molecule has 20 heavy (non-hydrogen) atoms. The molecule has 2 atom stereocenters. The van der Waals surface area contributed by atoms with E-state index in [0.717, 1.165) is 24.8 Å². The first kappa shape index (κ1) is 15.4. The average Bonchev–Trinajstić information content (AvgIpc) is 2.82. The lowest BCUT2D eigenvalue weighted by molar-refractivity contribution is -0.117. The van der Waals surface area contributed by atoms with E-state index in [-0.39, 0.29) is 24.5 Å². The first-order chi connectivity index (χ1) is 9.58. The second-order valence-corrected chi connectivity index (χ2v) is 5.90. The maximum absolute atomic E-state index is 11.9. The van der Waals surface area contributed by atoms with Gasteiger partial charge in [0.2, 0.25) is 5.91 Å². The molecule has 108 valence electrons. The van der Waals surface area contributed by atoms with Gasteiger partial charge in [-0.05, 0) is 42.7 Å². The lowest BCUT2D eigenvalue weighted by Crippen LogP contribution is -2.37. The van der Waals surface area contributed by atoms with Crippen LogP contribution in [-0.2, 0) is 4.79 Å². The quantitative estimate of drug-likeness (QED) is 0.838. The van der Waals surface area contributed by atoms with Crippen LogP contribution in [0.15, 0.2) is 24.3 Å². The van der Waals surface area contributed by atoms with E-state index >= 15 is 0 Å². The zero-order valence-electron chi connectivity index (χ0n) is 11.0. The van der Waals surface area contributed by atoms with Gasteiger partial charge in [-0.2, -0.15) is 0 Å². The van der Waals surface area contributed by atoms with Gasteiger partial charge in [0.25, 0.3) is 0 Å². The molecule has 0 spiro atoms. The largest absolute Gasteiger partial charge is 0.396 e. The van der Waals surface area contributed by atoms with Crippen LogP contribution in [0.4, 0.5) is 0 Å². The topological polar surface area (TPSA) is 49.3 Å². The molecular weight excluding hydrogens is 297 g/mol. The standard InChI is InChI=1S/C15H17Cl2NO2/c16-12-6-10(7-13(17)8-12)4-5-15(20)18-14-3-1-2-11(14)9-19/h4-8,11,14,19H,1-3,9H2,(H,18,20)/b5-4+. The second-order valence-electron chi connectivity index (χ2n) is 5.02. The van der Waals surface area contributed by atoms with Gasteiger partial charge < -0.3 is 10.4 Å². The molecular formula is C15H17Cl2NO2. The van der Waals surface area contributed by atoms with E-state index in [1.807, 2.05) is 0 Å². The SMILES string of the molecule is O=C(/C=C/c1cc(Cl)cc(Cl)c1)NC1CCCC1CO. The number of rotatable bonds is 4. The van der Waals surface area contributed by atoms with Crippen molar-refractivity contribution in [2.75, 3.05) is 6.61 Å². The smallest absolute Gasteiger partial charge is 0.244 e. The number of nitrogens with one attached hydrogen (secondary N) is 1. The van der Waals surface area contributed by atoms with Gasteiger partial charge in [0.15, 0.2) is 0 Å². The van der Waals surface area contributed by atoms with Gasteiger partial charge >= 0.3 is 0 Å². The highest BCUT2D eigenvalue weighted by Gasteiger charge is 2.27. The molecule has 1 aliphatic carbocycles. The molecule has 0 radical (unpaired) electrons. The summed E-state index contributed by atoms with van der Waals surface area (Å²) in [4.78, 5) is 11.9. The molecule has 1 aromatic carbocycles. The number of hydrogen-bond donors (Lipinski definition) is 2. The minimum Gasteiger partial charge on any atom is -0.396 e. The van der Waals surface area contributed by atoms with Crippen LogP contribution in [0.2, 0.25) is 10.0 Å². The van der Waals surface area contributed by atoms with Gasteiger partial charge in [-0.25, -0.2) is 0 Å². The molecule has 3 nitrogen and oxygen atoms in total. The molecule has 1 aromatic rings. The van der Waals surface area contributed by atoms with E-state index < -0.39 is 0 Å². The average molecular weight is 314 g/mol. The molecule has 0 saturated heterocycles.